The average Bonchev–Trinajstić information content (AvgIpc) is 3.51. The fourth-order valence-electron chi connectivity index (χ4n) is 6.54. The van der Waals surface area contributed by atoms with E-state index in [2.05, 4.69) is 93.6 Å². The Bertz CT molecular complexity index is 1260. The first-order chi connectivity index (χ1) is 17.7. The molecular weight excluding hydrogens is 456 g/mol. The summed E-state index contributed by atoms with van der Waals surface area (Å²) in [5.74, 6) is 3.75. The number of nitrogens with zero attached hydrogens (tertiary/aromatic N) is 2. The number of rotatable bonds is 7. The van der Waals surface area contributed by atoms with Gasteiger partial charge < -0.3 is 14.2 Å². The number of hydrogen-bond donors (Lipinski definition) is 0. The first-order valence-corrected chi connectivity index (χ1v) is 13.9. The van der Waals surface area contributed by atoms with E-state index in [1.165, 1.54) is 29.2 Å². The number of fused-ring (bicyclic) bond motifs is 1. The van der Waals surface area contributed by atoms with Gasteiger partial charge in [-0.3, -0.25) is 0 Å². The van der Waals surface area contributed by atoms with Gasteiger partial charge in [-0.05, 0) is 58.7 Å². The molecule has 1 saturated carbocycles. The summed E-state index contributed by atoms with van der Waals surface area (Å²) in [4.78, 5) is 0. The fraction of sp³-hybridized carbons (Fsp3) is 0.485. The van der Waals surface area contributed by atoms with Crippen LogP contribution in [0.1, 0.15) is 64.2 Å². The van der Waals surface area contributed by atoms with E-state index in [0.717, 1.165) is 17.9 Å². The summed E-state index contributed by atoms with van der Waals surface area (Å²) in [6, 6.07) is 19.7. The summed E-state index contributed by atoms with van der Waals surface area (Å²) in [6.07, 6.45) is 9.84. The first kappa shape index (κ1) is 25.6. The van der Waals surface area contributed by atoms with Crippen molar-refractivity contribution >= 4 is 17.0 Å². The molecule has 5 rings (SSSR count). The second-order valence-corrected chi connectivity index (χ2v) is 12.1. The number of benzene rings is 2. The second kappa shape index (κ2) is 10.4. The predicted octanol–water partition coefficient (Wildman–Crippen LogP) is 8.01. The quantitative estimate of drug-likeness (QED) is 0.245. The molecule has 4 heteroatoms. The van der Waals surface area contributed by atoms with Crippen LogP contribution in [0.15, 0.2) is 82.2 Å². The maximum Gasteiger partial charge on any atom is 0.111 e. The van der Waals surface area contributed by atoms with Gasteiger partial charge in [0.25, 0.3) is 0 Å². The SMILES string of the molecule is C[C@@H]1CC[C@@H](C(C)(C)c2ccc3ccccc3c2)[C@H](OC2=C[C@@H](c3ccco3)[C@@H](/C=N/N(C)C)[C@H]2C)C1. The van der Waals surface area contributed by atoms with Gasteiger partial charge in [0.15, 0.2) is 0 Å². The largest absolute Gasteiger partial charge is 0.494 e. The minimum absolute atomic E-state index is 0.00341. The zero-order chi connectivity index (χ0) is 26.2. The molecule has 3 aromatic rings. The third-order valence-electron chi connectivity index (χ3n) is 8.89. The molecule has 1 heterocycles. The highest BCUT2D eigenvalue weighted by atomic mass is 16.5. The molecule has 2 aliphatic carbocycles. The van der Waals surface area contributed by atoms with Gasteiger partial charge in [-0.25, -0.2) is 0 Å². The Hall–Kier alpha value is -3.01. The van der Waals surface area contributed by atoms with Gasteiger partial charge in [-0.15, -0.1) is 0 Å². The lowest BCUT2D eigenvalue weighted by Gasteiger charge is -2.45. The van der Waals surface area contributed by atoms with Gasteiger partial charge in [0.1, 0.15) is 11.9 Å². The molecule has 37 heavy (non-hydrogen) atoms. The van der Waals surface area contributed by atoms with E-state index in [4.69, 9.17) is 9.15 Å². The van der Waals surface area contributed by atoms with Crippen LogP contribution in [0.3, 0.4) is 0 Å². The number of allylic oxidation sites excluding steroid dienone is 2. The van der Waals surface area contributed by atoms with Gasteiger partial charge >= 0.3 is 0 Å². The molecule has 0 aliphatic heterocycles. The minimum Gasteiger partial charge on any atom is -0.494 e. The Morgan fingerprint density at radius 1 is 1.00 bits per heavy atom. The number of furan rings is 1. The monoisotopic (exact) mass is 498 g/mol. The van der Waals surface area contributed by atoms with Crippen LogP contribution in [0.25, 0.3) is 10.8 Å². The highest BCUT2D eigenvalue weighted by Crippen LogP contribution is 2.48. The third kappa shape index (κ3) is 5.21. The second-order valence-electron chi connectivity index (χ2n) is 12.1. The number of hydrogen-bond acceptors (Lipinski definition) is 4. The average molecular weight is 499 g/mol. The van der Waals surface area contributed by atoms with Crippen molar-refractivity contribution < 1.29 is 9.15 Å². The maximum atomic E-state index is 7.05. The topological polar surface area (TPSA) is 38.0 Å². The smallest absolute Gasteiger partial charge is 0.111 e. The molecule has 0 amide bonds. The van der Waals surface area contributed by atoms with Crippen LogP contribution >= 0.6 is 0 Å². The highest BCUT2D eigenvalue weighted by molar-refractivity contribution is 5.83. The molecule has 196 valence electrons. The van der Waals surface area contributed by atoms with E-state index in [9.17, 15) is 0 Å². The van der Waals surface area contributed by atoms with Crippen molar-refractivity contribution in [2.75, 3.05) is 14.1 Å². The summed E-state index contributed by atoms with van der Waals surface area (Å²) >= 11 is 0. The standard InChI is InChI=1S/C33H42N2O2/c1-22-13-16-29(33(3,4)26-15-14-24-10-7-8-11-25(24)19-26)32(18-22)37-31-20-27(30-12-9-17-36-30)28(23(31)2)21-34-35(5)6/h7-12,14-15,17,19-23,27-29,32H,13,16,18H2,1-6H3/b34-21+/t22-,23-,27-,28+,29-,32-/m1/s1. The molecule has 0 N–H and O–H groups in total. The van der Waals surface area contributed by atoms with Gasteiger partial charge in [0.05, 0.1) is 12.0 Å². The third-order valence-corrected chi connectivity index (χ3v) is 8.89. The summed E-state index contributed by atoms with van der Waals surface area (Å²) in [7, 11) is 3.93. The summed E-state index contributed by atoms with van der Waals surface area (Å²) in [5.41, 5.74) is 1.40. The maximum absolute atomic E-state index is 7.05. The first-order valence-electron chi connectivity index (χ1n) is 13.9. The van der Waals surface area contributed by atoms with Gasteiger partial charge in [-0.1, -0.05) is 76.6 Å². The van der Waals surface area contributed by atoms with Crippen molar-refractivity contribution in [1.29, 1.82) is 0 Å². The Morgan fingerprint density at radius 3 is 2.51 bits per heavy atom. The van der Waals surface area contributed by atoms with Crippen LogP contribution in [0.5, 0.6) is 0 Å². The molecule has 2 aromatic carbocycles. The lowest BCUT2D eigenvalue weighted by atomic mass is 9.64. The van der Waals surface area contributed by atoms with E-state index >= 15 is 0 Å². The lowest BCUT2D eigenvalue weighted by molar-refractivity contribution is -0.0195. The Kier molecular flexibility index (Phi) is 7.20. The number of ether oxygens (including phenoxy) is 1. The molecule has 0 spiro atoms. The molecular formula is C33H42N2O2. The highest BCUT2D eigenvalue weighted by Gasteiger charge is 2.44. The van der Waals surface area contributed by atoms with E-state index in [-0.39, 0.29) is 29.3 Å². The van der Waals surface area contributed by atoms with E-state index in [1.54, 1.807) is 6.26 Å². The van der Waals surface area contributed by atoms with E-state index in [1.807, 2.05) is 25.2 Å². The van der Waals surface area contributed by atoms with Gasteiger partial charge in [-0.2, -0.15) is 5.10 Å². The normalized spacial score (nSPS) is 28.5. The molecule has 4 nitrogen and oxygen atoms in total. The zero-order valence-corrected chi connectivity index (χ0v) is 23.2. The summed E-state index contributed by atoms with van der Waals surface area (Å²) in [5, 5.41) is 9.07. The Balaban J connectivity index is 1.44. The Morgan fingerprint density at radius 2 is 1.78 bits per heavy atom. The summed E-state index contributed by atoms with van der Waals surface area (Å²) < 4.78 is 12.9. The van der Waals surface area contributed by atoms with E-state index in [0.29, 0.717) is 11.8 Å². The Labute approximate surface area is 222 Å². The molecule has 0 radical (unpaired) electrons. The molecule has 1 aromatic heterocycles. The lowest BCUT2D eigenvalue weighted by Crippen LogP contribution is -2.42. The molecule has 1 fully saturated rings. The van der Waals surface area contributed by atoms with Gasteiger partial charge in [0.2, 0.25) is 0 Å². The van der Waals surface area contributed by atoms with Crippen LogP contribution in [-0.2, 0) is 10.2 Å². The van der Waals surface area contributed by atoms with Crippen molar-refractivity contribution in [2.24, 2.45) is 28.8 Å². The van der Waals surface area contributed by atoms with Crippen molar-refractivity contribution in [1.82, 2.24) is 5.01 Å². The van der Waals surface area contributed by atoms with Crippen LogP contribution < -0.4 is 0 Å². The predicted molar refractivity (Wildman–Crippen MR) is 153 cm³/mol. The molecule has 2 aliphatic rings. The van der Waals surface area contributed by atoms with Crippen molar-refractivity contribution in [3.8, 4) is 0 Å². The van der Waals surface area contributed by atoms with Crippen molar-refractivity contribution in [2.45, 2.75) is 64.4 Å². The van der Waals surface area contributed by atoms with Crippen molar-refractivity contribution in [3.63, 3.8) is 0 Å². The molecule has 6 atom stereocenters. The van der Waals surface area contributed by atoms with Crippen LogP contribution in [0, 0.1) is 23.7 Å². The summed E-state index contributed by atoms with van der Waals surface area (Å²) in [6.45, 7) is 9.48. The minimum atomic E-state index is 0.00341. The van der Waals surface area contributed by atoms with Crippen molar-refractivity contribution in [3.05, 3.63) is 84.0 Å². The van der Waals surface area contributed by atoms with Crippen LogP contribution in [0.2, 0.25) is 0 Å². The van der Waals surface area contributed by atoms with Crippen LogP contribution in [-0.4, -0.2) is 31.4 Å². The molecule has 0 unspecified atom stereocenters. The van der Waals surface area contributed by atoms with Crippen LogP contribution in [0.4, 0.5) is 0 Å². The zero-order valence-electron chi connectivity index (χ0n) is 23.2. The number of hydrazone groups is 1. The molecule has 0 bridgehead atoms. The van der Waals surface area contributed by atoms with E-state index < -0.39 is 0 Å². The molecule has 0 saturated heterocycles. The fourth-order valence-corrected chi connectivity index (χ4v) is 6.54. The van der Waals surface area contributed by atoms with Gasteiger partial charge in [0, 0.05) is 44.0 Å².